The molecule has 0 unspecified atom stereocenters. The molecule has 84 valence electrons. The van der Waals surface area contributed by atoms with E-state index in [1.807, 2.05) is 10.9 Å². The van der Waals surface area contributed by atoms with Gasteiger partial charge in [-0.3, -0.25) is 4.68 Å². The smallest absolute Gasteiger partial charge is 0.0962 e. The Morgan fingerprint density at radius 3 is 2.73 bits per heavy atom. The molecule has 1 aromatic rings. The summed E-state index contributed by atoms with van der Waals surface area (Å²) in [5.41, 5.74) is 6.34. The minimum absolute atomic E-state index is 0.478. The molecule has 0 spiro atoms. The van der Waals surface area contributed by atoms with E-state index in [0.717, 1.165) is 18.7 Å². The van der Waals surface area contributed by atoms with E-state index < -0.39 is 0 Å². The summed E-state index contributed by atoms with van der Waals surface area (Å²) in [5.74, 6) is 0. The fourth-order valence-corrected chi connectivity index (χ4v) is 2.00. The summed E-state index contributed by atoms with van der Waals surface area (Å²) in [5, 5.41) is 7.98. The summed E-state index contributed by atoms with van der Waals surface area (Å²) >= 11 is 0. The summed E-state index contributed by atoms with van der Waals surface area (Å²) in [6.45, 7) is 5.14. The highest BCUT2D eigenvalue weighted by atomic mass is 15.4. The molecule has 0 amide bonds. The first-order valence-electron chi connectivity index (χ1n) is 5.70. The van der Waals surface area contributed by atoms with Crippen molar-refractivity contribution in [3.63, 3.8) is 0 Å². The number of hydrogen-bond acceptors (Lipinski definition) is 4. The molecule has 15 heavy (non-hydrogen) atoms. The van der Waals surface area contributed by atoms with Crippen molar-refractivity contribution in [1.82, 2.24) is 19.9 Å². The number of nitrogens with two attached hydrogens (primary N) is 1. The van der Waals surface area contributed by atoms with Gasteiger partial charge in [0.15, 0.2) is 0 Å². The molecule has 0 saturated carbocycles. The van der Waals surface area contributed by atoms with Crippen LogP contribution in [0.1, 0.15) is 25.0 Å². The lowest BCUT2D eigenvalue weighted by Crippen LogP contribution is -2.21. The summed E-state index contributed by atoms with van der Waals surface area (Å²) < 4.78 is 1.89. The second-order valence-electron chi connectivity index (χ2n) is 4.08. The maximum atomic E-state index is 5.47. The molecule has 0 atom stereocenters. The van der Waals surface area contributed by atoms with Crippen molar-refractivity contribution < 1.29 is 0 Å². The zero-order chi connectivity index (χ0) is 10.5. The first kappa shape index (κ1) is 10.6. The second-order valence-corrected chi connectivity index (χ2v) is 4.08. The molecular weight excluding hydrogens is 190 g/mol. The SMILES string of the molecule is NCc1cn(CCCN2CCCC2)nn1. The van der Waals surface area contributed by atoms with Crippen molar-refractivity contribution in [3.8, 4) is 0 Å². The lowest BCUT2D eigenvalue weighted by atomic mass is 10.4. The van der Waals surface area contributed by atoms with Crippen LogP contribution in [0.25, 0.3) is 0 Å². The topological polar surface area (TPSA) is 60.0 Å². The van der Waals surface area contributed by atoms with Crippen molar-refractivity contribution in [2.24, 2.45) is 5.73 Å². The van der Waals surface area contributed by atoms with Crippen LogP contribution in [0.3, 0.4) is 0 Å². The highest BCUT2D eigenvalue weighted by Gasteiger charge is 2.10. The van der Waals surface area contributed by atoms with Gasteiger partial charge in [0.25, 0.3) is 0 Å². The van der Waals surface area contributed by atoms with E-state index in [0.29, 0.717) is 6.54 Å². The number of nitrogens with zero attached hydrogens (tertiary/aromatic N) is 4. The molecule has 1 aliphatic rings. The van der Waals surface area contributed by atoms with Gasteiger partial charge in [0, 0.05) is 19.3 Å². The van der Waals surface area contributed by atoms with Crippen LogP contribution < -0.4 is 5.73 Å². The van der Waals surface area contributed by atoms with Gasteiger partial charge in [0.1, 0.15) is 0 Å². The molecule has 2 heterocycles. The number of aromatic nitrogens is 3. The fraction of sp³-hybridized carbons (Fsp3) is 0.800. The Morgan fingerprint density at radius 2 is 2.07 bits per heavy atom. The van der Waals surface area contributed by atoms with E-state index in [9.17, 15) is 0 Å². The molecule has 0 aliphatic carbocycles. The van der Waals surface area contributed by atoms with Crippen LogP contribution >= 0.6 is 0 Å². The maximum Gasteiger partial charge on any atom is 0.0962 e. The third kappa shape index (κ3) is 3.00. The van der Waals surface area contributed by atoms with Gasteiger partial charge in [-0.25, -0.2) is 0 Å². The van der Waals surface area contributed by atoms with Gasteiger partial charge in [0.2, 0.25) is 0 Å². The molecule has 5 heteroatoms. The quantitative estimate of drug-likeness (QED) is 0.753. The van der Waals surface area contributed by atoms with Gasteiger partial charge in [-0.1, -0.05) is 5.21 Å². The lowest BCUT2D eigenvalue weighted by Gasteiger charge is -2.13. The van der Waals surface area contributed by atoms with Crippen LogP contribution in [-0.4, -0.2) is 39.5 Å². The molecule has 1 aliphatic heterocycles. The predicted octanol–water partition coefficient (Wildman–Crippen LogP) is 0.223. The molecule has 0 aromatic carbocycles. The van der Waals surface area contributed by atoms with Crippen LogP contribution in [0.4, 0.5) is 0 Å². The first-order chi connectivity index (χ1) is 7.38. The Bertz CT molecular complexity index is 290. The Kier molecular flexibility index (Phi) is 3.69. The second kappa shape index (κ2) is 5.23. The highest BCUT2D eigenvalue weighted by Crippen LogP contribution is 2.07. The standard InChI is InChI=1S/C10H19N5/c11-8-10-9-15(13-12-10)7-3-6-14-4-1-2-5-14/h9H,1-8,11H2. The number of likely N-dealkylation sites (tertiary alicyclic amines) is 1. The minimum atomic E-state index is 0.478. The van der Waals surface area contributed by atoms with Crippen LogP contribution in [-0.2, 0) is 13.1 Å². The zero-order valence-corrected chi connectivity index (χ0v) is 9.10. The van der Waals surface area contributed by atoms with Gasteiger partial charge < -0.3 is 10.6 Å². The van der Waals surface area contributed by atoms with E-state index in [4.69, 9.17) is 5.73 Å². The molecule has 5 nitrogen and oxygen atoms in total. The van der Waals surface area contributed by atoms with Crippen molar-refractivity contribution in [3.05, 3.63) is 11.9 Å². The van der Waals surface area contributed by atoms with Crippen LogP contribution in [0.15, 0.2) is 6.20 Å². The monoisotopic (exact) mass is 209 g/mol. The Balaban J connectivity index is 1.68. The van der Waals surface area contributed by atoms with Crippen molar-refractivity contribution in [2.75, 3.05) is 19.6 Å². The number of hydrogen-bond donors (Lipinski definition) is 1. The van der Waals surface area contributed by atoms with Crippen molar-refractivity contribution in [2.45, 2.75) is 32.4 Å². The van der Waals surface area contributed by atoms with Gasteiger partial charge in [-0.05, 0) is 38.9 Å². The summed E-state index contributed by atoms with van der Waals surface area (Å²) in [6, 6.07) is 0. The lowest BCUT2D eigenvalue weighted by molar-refractivity contribution is 0.321. The first-order valence-corrected chi connectivity index (χ1v) is 5.70. The molecule has 1 aromatic heterocycles. The summed E-state index contributed by atoms with van der Waals surface area (Å²) in [7, 11) is 0. The molecule has 2 rings (SSSR count). The van der Waals surface area contributed by atoms with Crippen LogP contribution in [0.5, 0.6) is 0 Å². The largest absolute Gasteiger partial charge is 0.325 e. The average molecular weight is 209 g/mol. The minimum Gasteiger partial charge on any atom is -0.325 e. The van der Waals surface area contributed by atoms with Gasteiger partial charge in [-0.15, -0.1) is 5.10 Å². The number of aryl methyl sites for hydroxylation is 1. The van der Waals surface area contributed by atoms with Gasteiger partial charge in [0.05, 0.1) is 5.69 Å². The third-order valence-corrected chi connectivity index (χ3v) is 2.86. The van der Waals surface area contributed by atoms with Crippen molar-refractivity contribution >= 4 is 0 Å². The van der Waals surface area contributed by atoms with E-state index in [-0.39, 0.29) is 0 Å². The Labute approximate surface area is 90.2 Å². The molecule has 0 bridgehead atoms. The van der Waals surface area contributed by atoms with Crippen LogP contribution in [0.2, 0.25) is 0 Å². The van der Waals surface area contributed by atoms with E-state index >= 15 is 0 Å². The molecule has 0 radical (unpaired) electrons. The van der Waals surface area contributed by atoms with E-state index in [1.165, 1.54) is 32.5 Å². The van der Waals surface area contributed by atoms with Gasteiger partial charge >= 0.3 is 0 Å². The molecular formula is C10H19N5. The zero-order valence-electron chi connectivity index (χ0n) is 9.10. The van der Waals surface area contributed by atoms with E-state index in [1.54, 1.807) is 0 Å². The fourth-order valence-electron chi connectivity index (χ4n) is 2.00. The highest BCUT2D eigenvalue weighted by molar-refractivity contribution is 4.90. The third-order valence-electron chi connectivity index (χ3n) is 2.86. The van der Waals surface area contributed by atoms with Crippen molar-refractivity contribution in [1.29, 1.82) is 0 Å². The Morgan fingerprint density at radius 1 is 1.27 bits per heavy atom. The van der Waals surface area contributed by atoms with E-state index in [2.05, 4.69) is 15.2 Å². The van der Waals surface area contributed by atoms with Gasteiger partial charge in [-0.2, -0.15) is 0 Å². The Hall–Kier alpha value is -0.940. The molecule has 1 fully saturated rings. The normalized spacial score (nSPS) is 17.4. The predicted molar refractivity (Wildman–Crippen MR) is 58.2 cm³/mol. The molecule has 1 saturated heterocycles. The number of rotatable bonds is 5. The average Bonchev–Trinajstić information content (AvgIpc) is 2.88. The summed E-state index contributed by atoms with van der Waals surface area (Å²) in [4.78, 5) is 2.51. The maximum absolute atomic E-state index is 5.47. The molecule has 2 N–H and O–H groups in total. The summed E-state index contributed by atoms with van der Waals surface area (Å²) in [6.07, 6.45) is 5.80. The van der Waals surface area contributed by atoms with Crippen LogP contribution in [0, 0.1) is 0 Å².